The van der Waals surface area contributed by atoms with Crippen LogP contribution in [0.3, 0.4) is 0 Å². The van der Waals surface area contributed by atoms with E-state index >= 15 is 0 Å². The second-order valence-corrected chi connectivity index (χ2v) is 6.18. The van der Waals surface area contributed by atoms with Gasteiger partial charge in [-0.3, -0.25) is 0 Å². The molecule has 0 saturated carbocycles. The van der Waals surface area contributed by atoms with E-state index in [4.69, 9.17) is 4.74 Å². The van der Waals surface area contributed by atoms with Gasteiger partial charge in [0.1, 0.15) is 11.4 Å². The fourth-order valence-corrected chi connectivity index (χ4v) is 2.69. The average Bonchev–Trinajstić information content (AvgIpc) is 2.63. The molecule has 1 aromatic heterocycles. The summed E-state index contributed by atoms with van der Waals surface area (Å²) in [6.07, 6.45) is -1.40. The minimum absolute atomic E-state index is 0.219. The first kappa shape index (κ1) is 18.0. The molecule has 2 aromatic carbocycles. The maximum absolute atomic E-state index is 12.6. The molecule has 132 valence electrons. The summed E-state index contributed by atoms with van der Waals surface area (Å²) in [4.78, 5) is 9.46. The first-order chi connectivity index (χ1) is 12.5. The molecule has 3 rings (SSSR count). The summed E-state index contributed by atoms with van der Waals surface area (Å²) in [5, 5.41) is 1.73. The molecule has 0 aliphatic rings. The van der Waals surface area contributed by atoms with Gasteiger partial charge in [-0.25, -0.2) is 9.97 Å². The minimum Gasteiger partial charge on any atom is -0.437 e. The van der Waals surface area contributed by atoms with Crippen molar-refractivity contribution in [3.8, 4) is 22.9 Å². The fourth-order valence-electron chi connectivity index (χ4n) is 2.21. The summed E-state index contributed by atoms with van der Waals surface area (Å²) < 4.78 is 43.6. The van der Waals surface area contributed by atoms with Crippen molar-refractivity contribution >= 4 is 11.8 Å². The Labute approximate surface area is 152 Å². The van der Waals surface area contributed by atoms with Crippen LogP contribution in [0.4, 0.5) is 13.2 Å². The average molecular weight is 374 g/mol. The Bertz CT molecular complexity index is 894. The van der Waals surface area contributed by atoms with E-state index in [9.17, 15) is 13.2 Å². The van der Waals surface area contributed by atoms with Crippen molar-refractivity contribution in [2.24, 2.45) is 0 Å². The van der Waals surface area contributed by atoms with Crippen LogP contribution in [0.5, 0.6) is 11.6 Å². The lowest BCUT2D eigenvalue weighted by atomic mass is 10.1. The highest BCUT2D eigenvalue weighted by Gasteiger charge is 2.30. The van der Waals surface area contributed by atoms with E-state index in [1.54, 1.807) is 5.41 Å². The number of halogens is 3. The number of hydrogen-bond acceptors (Lipinski definition) is 4. The van der Waals surface area contributed by atoms with Crippen LogP contribution >= 0.6 is 11.8 Å². The normalized spacial score (nSPS) is 11.2. The standard InChI is InChI=1S/C19H13F3N2OS/c1-2-26-16-9-3-13(4-10-16)17-18(24-12-11-23-17)25-15-7-5-14(6-8-15)19(20,21)22/h2-12H,1H2. The van der Waals surface area contributed by atoms with E-state index in [-0.39, 0.29) is 11.6 Å². The lowest BCUT2D eigenvalue weighted by Gasteiger charge is -2.11. The number of alkyl halides is 3. The topological polar surface area (TPSA) is 35.0 Å². The lowest BCUT2D eigenvalue weighted by Crippen LogP contribution is -2.04. The fraction of sp³-hybridized carbons (Fsp3) is 0.0526. The quantitative estimate of drug-likeness (QED) is 0.499. The molecule has 0 fully saturated rings. The van der Waals surface area contributed by atoms with E-state index in [1.165, 1.54) is 36.3 Å². The van der Waals surface area contributed by atoms with E-state index in [0.717, 1.165) is 22.6 Å². The van der Waals surface area contributed by atoms with Crippen molar-refractivity contribution in [3.05, 3.63) is 78.5 Å². The number of hydrogen-bond donors (Lipinski definition) is 0. The number of benzene rings is 2. The zero-order valence-corrected chi connectivity index (χ0v) is 14.2. The third-order valence-corrected chi connectivity index (χ3v) is 4.12. The number of nitrogens with zero attached hydrogens (tertiary/aromatic N) is 2. The minimum atomic E-state index is -4.39. The molecule has 0 aliphatic carbocycles. The van der Waals surface area contributed by atoms with Gasteiger partial charge in [0.15, 0.2) is 0 Å². The zero-order chi connectivity index (χ0) is 18.6. The number of aromatic nitrogens is 2. The van der Waals surface area contributed by atoms with Gasteiger partial charge >= 0.3 is 6.18 Å². The number of thioether (sulfide) groups is 1. The Hall–Kier alpha value is -2.80. The number of rotatable bonds is 5. The molecule has 0 aliphatic heterocycles. The van der Waals surface area contributed by atoms with Gasteiger partial charge in [0, 0.05) is 22.9 Å². The second kappa shape index (κ2) is 7.61. The van der Waals surface area contributed by atoms with Crippen molar-refractivity contribution in [1.82, 2.24) is 9.97 Å². The summed E-state index contributed by atoms with van der Waals surface area (Å²) in [6.45, 7) is 3.67. The Morgan fingerprint density at radius 2 is 1.58 bits per heavy atom. The van der Waals surface area contributed by atoms with Crippen molar-refractivity contribution in [2.45, 2.75) is 11.1 Å². The van der Waals surface area contributed by atoms with Crippen LogP contribution in [-0.2, 0) is 6.18 Å². The maximum Gasteiger partial charge on any atom is 0.416 e. The molecule has 0 amide bonds. The van der Waals surface area contributed by atoms with Crippen LogP contribution in [0.15, 0.2) is 77.8 Å². The van der Waals surface area contributed by atoms with Crippen molar-refractivity contribution in [1.29, 1.82) is 0 Å². The van der Waals surface area contributed by atoms with Crippen molar-refractivity contribution < 1.29 is 17.9 Å². The SMILES string of the molecule is C=CSc1ccc(-c2nccnc2Oc2ccc(C(F)(F)F)cc2)cc1. The summed E-state index contributed by atoms with van der Waals surface area (Å²) in [5.74, 6) is 0.468. The maximum atomic E-state index is 12.6. The molecule has 26 heavy (non-hydrogen) atoms. The molecule has 0 saturated heterocycles. The first-order valence-corrected chi connectivity index (χ1v) is 8.39. The van der Waals surface area contributed by atoms with Gasteiger partial charge in [-0.05, 0) is 41.8 Å². The molecular formula is C19H13F3N2OS. The first-order valence-electron chi connectivity index (χ1n) is 7.51. The molecule has 0 N–H and O–H groups in total. The molecule has 7 heteroatoms. The molecule has 0 unspecified atom stereocenters. The molecule has 3 nitrogen and oxygen atoms in total. The molecular weight excluding hydrogens is 361 g/mol. The monoisotopic (exact) mass is 374 g/mol. The lowest BCUT2D eigenvalue weighted by molar-refractivity contribution is -0.137. The molecule has 0 radical (unpaired) electrons. The van der Waals surface area contributed by atoms with E-state index in [2.05, 4.69) is 16.5 Å². The second-order valence-electron chi connectivity index (χ2n) is 5.14. The smallest absolute Gasteiger partial charge is 0.416 e. The Morgan fingerprint density at radius 1 is 0.923 bits per heavy atom. The molecule has 3 aromatic rings. The summed E-state index contributed by atoms with van der Waals surface area (Å²) in [7, 11) is 0. The van der Waals surface area contributed by atoms with E-state index in [1.807, 2.05) is 24.3 Å². The zero-order valence-electron chi connectivity index (χ0n) is 13.4. The van der Waals surface area contributed by atoms with Gasteiger partial charge in [-0.1, -0.05) is 30.5 Å². The van der Waals surface area contributed by atoms with Crippen molar-refractivity contribution in [2.75, 3.05) is 0 Å². The predicted octanol–water partition coefficient (Wildman–Crippen LogP) is 6.19. The van der Waals surface area contributed by atoms with Crippen LogP contribution in [0.1, 0.15) is 5.56 Å². The largest absolute Gasteiger partial charge is 0.437 e. The number of ether oxygens (including phenoxy) is 1. The third-order valence-electron chi connectivity index (χ3n) is 3.41. The van der Waals surface area contributed by atoms with Crippen LogP contribution in [0, 0.1) is 0 Å². The van der Waals surface area contributed by atoms with E-state index in [0.29, 0.717) is 5.69 Å². The highest BCUT2D eigenvalue weighted by molar-refractivity contribution is 8.02. The Morgan fingerprint density at radius 3 is 2.19 bits per heavy atom. The molecule has 0 bridgehead atoms. The summed E-state index contributed by atoms with van der Waals surface area (Å²) >= 11 is 1.49. The summed E-state index contributed by atoms with van der Waals surface area (Å²) in [6, 6.07) is 12.0. The van der Waals surface area contributed by atoms with Crippen LogP contribution < -0.4 is 4.74 Å². The van der Waals surface area contributed by atoms with E-state index < -0.39 is 11.7 Å². The van der Waals surface area contributed by atoms with Gasteiger partial charge in [0.25, 0.3) is 0 Å². The predicted molar refractivity (Wildman–Crippen MR) is 95.0 cm³/mol. The van der Waals surface area contributed by atoms with Gasteiger partial charge in [-0.2, -0.15) is 13.2 Å². The van der Waals surface area contributed by atoms with Gasteiger partial charge in [-0.15, -0.1) is 0 Å². The molecule has 1 heterocycles. The molecule has 0 spiro atoms. The van der Waals surface area contributed by atoms with Crippen LogP contribution in [0.25, 0.3) is 11.3 Å². The Kier molecular flexibility index (Phi) is 5.27. The van der Waals surface area contributed by atoms with Gasteiger partial charge < -0.3 is 4.74 Å². The Balaban J connectivity index is 1.86. The van der Waals surface area contributed by atoms with Crippen LogP contribution in [0.2, 0.25) is 0 Å². The third kappa shape index (κ3) is 4.23. The van der Waals surface area contributed by atoms with Gasteiger partial charge in [0.05, 0.1) is 5.56 Å². The highest BCUT2D eigenvalue weighted by Crippen LogP contribution is 2.33. The highest BCUT2D eigenvalue weighted by atomic mass is 32.2. The molecule has 0 atom stereocenters. The van der Waals surface area contributed by atoms with Crippen molar-refractivity contribution in [3.63, 3.8) is 0 Å². The summed E-state index contributed by atoms with van der Waals surface area (Å²) in [5.41, 5.74) is 0.551. The van der Waals surface area contributed by atoms with Gasteiger partial charge in [0.2, 0.25) is 5.88 Å². The van der Waals surface area contributed by atoms with Crippen LogP contribution in [-0.4, -0.2) is 9.97 Å².